The Morgan fingerprint density at radius 3 is 2.73 bits per heavy atom. The lowest BCUT2D eigenvalue weighted by Crippen LogP contribution is -2.44. The standard InChI is InChI=1S/C18H30N2O2/c1-18(2,3)22-17(21)20-8-4-5-16(20)12-19-11-15-10-13-6-7-14(15)9-13/h6-7,13-16,19H,4-5,8-12H2,1-3H3. The topological polar surface area (TPSA) is 41.6 Å². The van der Waals surface area contributed by atoms with E-state index in [2.05, 4.69) is 17.5 Å². The summed E-state index contributed by atoms with van der Waals surface area (Å²) in [5.74, 6) is 2.43. The van der Waals surface area contributed by atoms with Gasteiger partial charge in [-0.2, -0.15) is 0 Å². The molecule has 4 nitrogen and oxygen atoms in total. The van der Waals surface area contributed by atoms with E-state index in [1.807, 2.05) is 25.7 Å². The molecule has 3 rings (SSSR count). The number of carbonyl (C=O) groups is 1. The van der Waals surface area contributed by atoms with Crippen molar-refractivity contribution in [1.29, 1.82) is 0 Å². The van der Waals surface area contributed by atoms with E-state index < -0.39 is 5.60 Å². The lowest BCUT2D eigenvalue weighted by atomic mass is 9.93. The molecule has 124 valence electrons. The van der Waals surface area contributed by atoms with Crippen molar-refractivity contribution in [3.05, 3.63) is 12.2 Å². The molecule has 1 N–H and O–H groups in total. The van der Waals surface area contributed by atoms with Crippen LogP contribution in [0.4, 0.5) is 4.79 Å². The third kappa shape index (κ3) is 3.65. The Morgan fingerprint density at radius 1 is 1.27 bits per heavy atom. The van der Waals surface area contributed by atoms with Gasteiger partial charge in [-0.05, 0) is 70.8 Å². The van der Waals surface area contributed by atoms with Crippen molar-refractivity contribution in [2.75, 3.05) is 19.6 Å². The quantitative estimate of drug-likeness (QED) is 0.811. The van der Waals surface area contributed by atoms with E-state index >= 15 is 0 Å². The van der Waals surface area contributed by atoms with Crippen LogP contribution in [0.15, 0.2) is 12.2 Å². The number of likely N-dealkylation sites (tertiary alicyclic amines) is 1. The van der Waals surface area contributed by atoms with Crippen LogP contribution < -0.4 is 5.32 Å². The van der Waals surface area contributed by atoms with Gasteiger partial charge in [0.1, 0.15) is 5.60 Å². The number of rotatable bonds is 4. The first-order valence-electron chi connectivity index (χ1n) is 8.81. The summed E-state index contributed by atoms with van der Waals surface area (Å²) in [7, 11) is 0. The van der Waals surface area contributed by atoms with Crippen molar-refractivity contribution >= 4 is 6.09 Å². The number of hydrogen-bond donors (Lipinski definition) is 1. The predicted octanol–water partition coefficient (Wildman–Crippen LogP) is 3.19. The average molecular weight is 306 g/mol. The molecule has 1 heterocycles. The fraction of sp³-hybridized carbons (Fsp3) is 0.833. The Hall–Kier alpha value is -1.03. The van der Waals surface area contributed by atoms with E-state index in [1.165, 1.54) is 12.8 Å². The van der Waals surface area contributed by atoms with E-state index in [0.717, 1.165) is 50.2 Å². The Bertz CT molecular complexity index is 441. The van der Waals surface area contributed by atoms with Gasteiger partial charge in [0.05, 0.1) is 0 Å². The average Bonchev–Trinajstić information content (AvgIpc) is 3.12. The van der Waals surface area contributed by atoms with Gasteiger partial charge in [-0.3, -0.25) is 0 Å². The lowest BCUT2D eigenvalue weighted by molar-refractivity contribution is 0.0226. The molecule has 4 unspecified atom stereocenters. The fourth-order valence-corrected chi connectivity index (χ4v) is 4.17. The molecule has 0 radical (unpaired) electrons. The summed E-state index contributed by atoms with van der Waals surface area (Å²) < 4.78 is 5.52. The van der Waals surface area contributed by atoms with Crippen LogP contribution in [0.2, 0.25) is 0 Å². The Labute approximate surface area is 134 Å². The van der Waals surface area contributed by atoms with Crippen molar-refractivity contribution in [1.82, 2.24) is 10.2 Å². The summed E-state index contributed by atoms with van der Waals surface area (Å²) in [5.41, 5.74) is -0.410. The normalized spacial score (nSPS) is 33.7. The van der Waals surface area contributed by atoms with Gasteiger partial charge in [0.25, 0.3) is 0 Å². The molecule has 1 saturated heterocycles. The second-order valence-electron chi connectivity index (χ2n) is 8.17. The second kappa shape index (κ2) is 6.23. The smallest absolute Gasteiger partial charge is 0.410 e. The molecular weight excluding hydrogens is 276 g/mol. The molecule has 1 aliphatic heterocycles. The van der Waals surface area contributed by atoms with E-state index in [-0.39, 0.29) is 6.09 Å². The lowest BCUT2D eigenvalue weighted by Gasteiger charge is -2.29. The highest BCUT2D eigenvalue weighted by Crippen LogP contribution is 2.42. The van der Waals surface area contributed by atoms with Crippen LogP contribution in [-0.2, 0) is 4.74 Å². The summed E-state index contributed by atoms with van der Waals surface area (Å²) in [6, 6.07) is 0.295. The van der Waals surface area contributed by atoms with Gasteiger partial charge < -0.3 is 15.0 Å². The monoisotopic (exact) mass is 306 g/mol. The molecule has 22 heavy (non-hydrogen) atoms. The van der Waals surface area contributed by atoms with E-state index in [9.17, 15) is 4.79 Å². The van der Waals surface area contributed by atoms with Crippen LogP contribution in [-0.4, -0.2) is 42.3 Å². The summed E-state index contributed by atoms with van der Waals surface area (Å²) in [6.07, 6.45) is 9.52. The van der Waals surface area contributed by atoms with Gasteiger partial charge >= 0.3 is 6.09 Å². The maximum absolute atomic E-state index is 12.3. The molecule has 0 aromatic rings. The van der Waals surface area contributed by atoms with Gasteiger partial charge in [0.15, 0.2) is 0 Å². The van der Waals surface area contributed by atoms with Gasteiger partial charge in [-0.15, -0.1) is 0 Å². The second-order valence-corrected chi connectivity index (χ2v) is 8.17. The zero-order valence-corrected chi connectivity index (χ0v) is 14.2. The van der Waals surface area contributed by atoms with Gasteiger partial charge in [-0.1, -0.05) is 12.2 Å². The van der Waals surface area contributed by atoms with Crippen molar-refractivity contribution in [3.63, 3.8) is 0 Å². The number of allylic oxidation sites excluding steroid dienone is 2. The molecule has 0 aromatic carbocycles. The Balaban J connectivity index is 1.43. The number of hydrogen-bond acceptors (Lipinski definition) is 3. The van der Waals surface area contributed by atoms with Crippen LogP contribution in [0, 0.1) is 17.8 Å². The first-order chi connectivity index (χ1) is 10.4. The van der Waals surface area contributed by atoms with Crippen LogP contribution in [0.3, 0.4) is 0 Å². The Kier molecular flexibility index (Phi) is 4.49. The number of nitrogens with one attached hydrogen (secondary N) is 1. The number of fused-ring (bicyclic) bond motifs is 2. The first-order valence-corrected chi connectivity index (χ1v) is 8.81. The molecular formula is C18H30N2O2. The summed E-state index contributed by atoms with van der Waals surface area (Å²) in [4.78, 5) is 14.2. The van der Waals surface area contributed by atoms with Crippen LogP contribution in [0.1, 0.15) is 46.5 Å². The third-order valence-electron chi connectivity index (χ3n) is 5.21. The number of ether oxygens (including phenoxy) is 1. The molecule has 3 aliphatic rings. The number of nitrogens with zero attached hydrogens (tertiary/aromatic N) is 1. The third-order valence-corrected chi connectivity index (χ3v) is 5.21. The van der Waals surface area contributed by atoms with E-state index in [0.29, 0.717) is 6.04 Å². The molecule has 4 heteroatoms. The van der Waals surface area contributed by atoms with Gasteiger partial charge in [-0.25, -0.2) is 4.79 Å². The summed E-state index contributed by atoms with van der Waals surface area (Å²) >= 11 is 0. The molecule has 1 amide bonds. The van der Waals surface area contributed by atoms with Crippen molar-refractivity contribution < 1.29 is 9.53 Å². The first kappa shape index (κ1) is 15.9. The zero-order chi connectivity index (χ0) is 15.7. The molecule has 0 spiro atoms. The largest absolute Gasteiger partial charge is 0.444 e. The molecule has 1 saturated carbocycles. The summed E-state index contributed by atoms with van der Waals surface area (Å²) in [6.45, 7) is 8.60. The number of carbonyl (C=O) groups excluding carboxylic acids is 1. The number of amides is 1. The highest BCUT2D eigenvalue weighted by atomic mass is 16.6. The Morgan fingerprint density at radius 2 is 2.09 bits per heavy atom. The maximum Gasteiger partial charge on any atom is 0.410 e. The molecule has 2 fully saturated rings. The minimum atomic E-state index is -0.410. The van der Waals surface area contributed by atoms with Crippen molar-refractivity contribution in [2.45, 2.75) is 58.1 Å². The minimum absolute atomic E-state index is 0.153. The van der Waals surface area contributed by atoms with Crippen LogP contribution in [0.25, 0.3) is 0 Å². The highest BCUT2D eigenvalue weighted by Gasteiger charge is 2.36. The van der Waals surface area contributed by atoms with Crippen LogP contribution >= 0.6 is 0 Å². The van der Waals surface area contributed by atoms with Crippen molar-refractivity contribution in [3.8, 4) is 0 Å². The van der Waals surface area contributed by atoms with E-state index in [1.54, 1.807) is 0 Å². The molecule has 2 aliphatic carbocycles. The van der Waals surface area contributed by atoms with Gasteiger partial charge in [0, 0.05) is 19.1 Å². The maximum atomic E-state index is 12.3. The molecule has 2 bridgehead atoms. The van der Waals surface area contributed by atoms with Crippen LogP contribution in [0.5, 0.6) is 0 Å². The van der Waals surface area contributed by atoms with E-state index in [4.69, 9.17) is 4.74 Å². The molecule has 0 aromatic heterocycles. The van der Waals surface area contributed by atoms with Gasteiger partial charge in [0.2, 0.25) is 0 Å². The minimum Gasteiger partial charge on any atom is -0.444 e. The fourth-order valence-electron chi connectivity index (χ4n) is 4.17. The molecule has 4 atom stereocenters. The predicted molar refractivity (Wildman–Crippen MR) is 87.7 cm³/mol. The zero-order valence-electron chi connectivity index (χ0n) is 14.2. The van der Waals surface area contributed by atoms with Crippen molar-refractivity contribution in [2.24, 2.45) is 17.8 Å². The summed E-state index contributed by atoms with van der Waals surface area (Å²) in [5, 5.41) is 3.62. The highest BCUT2D eigenvalue weighted by molar-refractivity contribution is 5.69. The SMILES string of the molecule is CC(C)(C)OC(=O)N1CCCC1CNCC1CC2C=CC1C2.